The first kappa shape index (κ1) is 37.6. The van der Waals surface area contributed by atoms with Gasteiger partial charge in [-0.05, 0) is 73.4 Å². The number of methoxy groups -OCH3 is 1. The number of carbonyl (C=O) groups is 2. The third kappa shape index (κ3) is 9.18. The molecule has 1 N–H and O–H groups in total. The molecule has 2 amide bonds. The first-order valence-electron chi connectivity index (χ1n) is 16.4. The predicted molar refractivity (Wildman–Crippen MR) is 197 cm³/mol. The zero-order chi connectivity index (χ0) is 36.7. The minimum atomic E-state index is -4.58. The van der Waals surface area contributed by atoms with E-state index in [2.05, 4.69) is 5.32 Å². The van der Waals surface area contributed by atoms with Gasteiger partial charge in [0.15, 0.2) is 0 Å². The summed E-state index contributed by atoms with van der Waals surface area (Å²) in [5.41, 5.74) is 1.36. The fraction of sp³-hybridized carbons (Fsp3) is 0.297. The van der Waals surface area contributed by atoms with Crippen LogP contribution >= 0.6 is 23.2 Å². The van der Waals surface area contributed by atoms with Gasteiger partial charge in [-0.1, -0.05) is 78.5 Å². The van der Waals surface area contributed by atoms with E-state index in [0.717, 1.165) is 41.6 Å². The van der Waals surface area contributed by atoms with Crippen LogP contribution in [0.1, 0.15) is 42.4 Å². The maximum Gasteiger partial charge on any atom is 0.273 e. The molecule has 4 aromatic carbocycles. The lowest BCUT2D eigenvalue weighted by Crippen LogP contribution is -2.54. The molecule has 1 fully saturated rings. The molecule has 14 heteroatoms. The molecular weight excluding hydrogens is 715 g/mol. The molecule has 1 atom stereocenters. The van der Waals surface area contributed by atoms with Crippen molar-refractivity contribution in [2.24, 2.45) is 0 Å². The summed E-state index contributed by atoms with van der Waals surface area (Å²) in [6, 6.07) is 22.6. The van der Waals surface area contributed by atoms with Crippen molar-refractivity contribution in [2.45, 2.75) is 62.6 Å². The second-order valence-corrected chi connectivity index (χ2v) is 15.1. The number of ether oxygens (including phenoxy) is 1. The first-order valence-corrected chi connectivity index (χ1v) is 18.6. The first-order chi connectivity index (χ1) is 24.4. The van der Waals surface area contributed by atoms with Crippen molar-refractivity contribution in [3.8, 4) is 5.75 Å². The standard InChI is InChI=1S/C37H38Cl2N4O7S/c1-25-12-18-31(22-34(25)43(46)47)51(48,49)42(29-14-16-30(50-2)17-15-29)24-36(44)41(23-27-13-19-32(38)33(39)20-27)35(21-26-8-4-3-5-9-26)37(45)40-28-10-6-7-11-28/h3-5,8-9,12-20,22,28,35H,6-7,10-11,21,23-24H2,1-2H3,(H,40,45)/t35-/m0/s1. The average Bonchev–Trinajstić information content (AvgIpc) is 3.63. The van der Waals surface area contributed by atoms with Gasteiger partial charge in [0.05, 0.1) is 32.7 Å². The van der Waals surface area contributed by atoms with Crippen molar-refractivity contribution in [1.29, 1.82) is 0 Å². The number of hydrogen-bond donors (Lipinski definition) is 1. The SMILES string of the molecule is COc1ccc(N(CC(=O)N(Cc2ccc(Cl)c(Cl)c2)[C@@H](Cc2ccccc2)C(=O)NC2CCCC2)S(=O)(=O)c2ccc(C)c([N+](=O)[O-])c2)cc1. The number of hydrogen-bond acceptors (Lipinski definition) is 7. The molecule has 0 radical (unpaired) electrons. The van der Waals surface area contributed by atoms with E-state index in [0.29, 0.717) is 16.3 Å². The van der Waals surface area contributed by atoms with E-state index in [1.54, 1.807) is 30.3 Å². The minimum absolute atomic E-state index is 0.0498. The lowest BCUT2D eigenvalue weighted by Gasteiger charge is -2.34. The molecular formula is C37H38Cl2N4O7S. The highest BCUT2D eigenvalue weighted by Gasteiger charge is 2.36. The largest absolute Gasteiger partial charge is 0.497 e. The van der Waals surface area contributed by atoms with Gasteiger partial charge >= 0.3 is 0 Å². The molecule has 1 aliphatic carbocycles. The normalized spacial score (nSPS) is 13.7. The predicted octanol–water partition coefficient (Wildman–Crippen LogP) is 7.11. The number of halogens is 2. The number of amides is 2. The molecule has 51 heavy (non-hydrogen) atoms. The van der Waals surface area contributed by atoms with Crippen LogP contribution in [0.3, 0.4) is 0 Å². The summed E-state index contributed by atoms with van der Waals surface area (Å²) in [4.78, 5) is 41.0. The molecule has 268 valence electrons. The zero-order valence-corrected chi connectivity index (χ0v) is 30.5. The van der Waals surface area contributed by atoms with Gasteiger partial charge in [-0.15, -0.1) is 0 Å². The van der Waals surface area contributed by atoms with E-state index in [-0.39, 0.29) is 51.8 Å². The highest BCUT2D eigenvalue weighted by molar-refractivity contribution is 7.92. The van der Waals surface area contributed by atoms with Gasteiger partial charge in [0.25, 0.3) is 15.7 Å². The summed E-state index contributed by atoms with van der Waals surface area (Å²) in [6.07, 6.45) is 3.73. The van der Waals surface area contributed by atoms with Gasteiger partial charge in [-0.3, -0.25) is 24.0 Å². The van der Waals surface area contributed by atoms with Gasteiger partial charge in [0.1, 0.15) is 18.3 Å². The van der Waals surface area contributed by atoms with E-state index < -0.39 is 33.4 Å². The number of nitro groups is 1. The van der Waals surface area contributed by atoms with Crippen LogP contribution in [0.15, 0.2) is 95.9 Å². The van der Waals surface area contributed by atoms with E-state index in [9.17, 15) is 28.1 Å². The minimum Gasteiger partial charge on any atom is -0.497 e. The molecule has 1 saturated carbocycles. The second kappa shape index (κ2) is 16.6. The molecule has 0 bridgehead atoms. The Labute approximate surface area is 307 Å². The molecule has 1 aliphatic rings. The van der Waals surface area contributed by atoms with Crippen LogP contribution < -0.4 is 14.4 Å². The molecule has 0 heterocycles. The Morgan fingerprint density at radius 3 is 2.25 bits per heavy atom. The van der Waals surface area contributed by atoms with Crippen LogP contribution in [-0.2, 0) is 32.6 Å². The monoisotopic (exact) mass is 752 g/mol. The summed E-state index contributed by atoms with van der Waals surface area (Å²) < 4.78 is 34.9. The van der Waals surface area contributed by atoms with Crippen molar-refractivity contribution in [3.63, 3.8) is 0 Å². The molecule has 5 rings (SSSR count). The molecule has 4 aromatic rings. The van der Waals surface area contributed by atoms with Crippen molar-refractivity contribution < 1.29 is 27.7 Å². The summed E-state index contributed by atoms with van der Waals surface area (Å²) in [5, 5.41) is 15.5. The van der Waals surface area contributed by atoms with Crippen LogP contribution in [-0.4, -0.2) is 55.8 Å². The highest BCUT2D eigenvalue weighted by Crippen LogP contribution is 2.30. The molecule has 0 saturated heterocycles. The van der Waals surface area contributed by atoms with E-state index >= 15 is 0 Å². The van der Waals surface area contributed by atoms with Crippen LogP contribution in [0.25, 0.3) is 0 Å². The number of aryl methyl sites for hydroxylation is 1. The smallest absolute Gasteiger partial charge is 0.273 e. The Morgan fingerprint density at radius 2 is 1.63 bits per heavy atom. The molecule has 0 aromatic heterocycles. The highest BCUT2D eigenvalue weighted by atomic mass is 35.5. The maximum atomic E-state index is 14.7. The third-order valence-corrected chi connectivity index (χ3v) is 11.4. The molecule has 11 nitrogen and oxygen atoms in total. The van der Waals surface area contributed by atoms with E-state index in [1.807, 2.05) is 30.3 Å². The number of nitrogens with zero attached hydrogens (tertiary/aromatic N) is 3. The number of nitro benzene ring substituents is 1. The fourth-order valence-electron chi connectivity index (χ4n) is 6.11. The summed E-state index contributed by atoms with van der Waals surface area (Å²) in [5.74, 6) is -0.613. The number of anilines is 1. The van der Waals surface area contributed by atoms with Crippen molar-refractivity contribution in [1.82, 2.24) is 10.2 Å². The maximum absolute atomic E-state index is 14.7. The summed E-state index contributed by atoms with van der Waals surface area (Å²) in [6.45, 7) is 0.668. The van der Waals surface area contributed by atoms with Crippen molar-refractivity contribution in [3.05, 3.63) is 128 Å². The quantitative estimate of drug-likeness (QED) is 0.107. The Kier molecular flexibility index (Phi) is 12.2. The van der Waals surface area contributed by atoms with Crippen molar-refractivity contribution >= 4 is 56.4 Å². The summed E-state index contributed by atoms with van der Waals surface area (Å²) in [7, 11) is -3.12. The molecule has 0 spiro atoms. The Bertz CT molecular complexity index is 1990. The van der Waals surface area contributed by atoms with Gasteiger partial charge in [0.2, 0.25) is 11.8 Å². The number of sulfonamides is 1. The van der Waals surface area contributed by atoms with Gasteiger partial charge in [-0.2, -0.15) is 0 Å². The average molecular weight is 754 g/mol. The van der Waals surface area contributed by atoms with Crippen LogP contribution in [0.5, 0.6) is 5.75 Å². The van der Waals surface area contributed by atoms with Crippen molar-refractivity contribution in [2.75, 3.05) is 18.0 Å². The fourth-order valence-corrected chi connectivity index (χ4v) is 7.86. The number of carbonyl (C=O) groups excluding carboxylic acids is 2. The van der Waals surface area contributed by atoms with Gasteiger partial charge in [-0.25, -0.2) is 8.42 Å². The van der Waals surface area contributed by atoms with E-state index in [1.165, 1.54) is 43.2 Å². The molecule has 0 aliphatic heterocycles. The van der Waals surface area contributed by atoms with Gasteiger partial charge < -0.3 is 15.0 Å². The van der Waals surface area contributed by atoms with Gasteiger partial charge in [0, 0.05) is 30.6 Å². The third-order valence-electron chi connectivity index (χ3n) is 8.91. The van der Waals surface area contributed by atoms with Crippen LogP contribution in [0, 0.1) is 17.0 Å². The Hall–Kier alpha value is -4.65. The second-order valence-electron chi connectivity index (χ2n) is 12.4. The molecule has 0 unspecified atom stereocenters. The Balaban J connectivity index is 1.60. The Morgan fingerprint density at radius 1 is 0.941 bits per heavy atom. The van der Waals surface area contributed by atoms with Crippen LogP contribution in [0.4, 0.5) is 11.4 Å². The summed E-state index contributed by atoms with van der Waals surface area (Å²) >= 11 is 12.6. The number of rotatable bonds is 14. The lowest BCUT2D eigenvalue weighted by molar-refractivity contribution is -0.385. The van der Waals surface area contributed by atoms with Crippen LogP contribution in [0.2, 0.25) is 10.0 Å². The topological polar surface area (TPSA) is 139 Å². The number of benzene rings is 4. The number of nitrogens with one attached hydrogen (secondary N) is 1. The zero-order valence-electron chi connectivity index (χ0n) is 28.1. The van der Waals surface area contributed by atoms with E-state index in [4.69, 9.17) is 27.9 Å². The lowest BCUT2D eigenvalue weighted by atomic mass is 10.0.